The molecule has 2 N–H and O–H groups in total. The lowest BCUT2D eigenvalue weighted by Crippen LogP contribution is -2.09. The molecule has 0 aliphatic heterocycles. The van der Waals surface area contributed by atoms with Crippen LogP contribution in [0.3, 0.4) is 0 Å². The minimum absolute atomic E-state index is 0.0128. The number of unbranched alkanes of at least 4 members (excludes halogenated alkanes) is 1. The quantitative estimate of drug-likeness (QED) is 0.601. The van der Waals surface area contributed by atoms with Gasteiger partial charge >= 0.3 is 0 Å². The third-order valence-electron chi connectivity index (χ3n) is 1.66. The van der Waals surface area contributed by atoms with Crippen LogP contribution in [-0.2, 0) is 14.6 Å². The first kappa shape index (κ1) is 12.6. The summed E-state index contributed by atoms with van der Waals surface area (Å²) in [5.41, 5.74) is 5.25. The van der Waals surface area contributed by atoms with Crippen LogP contribution in [-0.4, -0.2) is 32.8 Å². The summed E-state index contributed by atoms with van der Waals surface area (Å²) in [6.45, 7) is 0.583. The smallest absolute Gasteiger partial charge is 0.147 e. The molecule has 0 aromatic rings. The maximum Gasteiger partial charge on any atom is 0.147 e. The molecule has 0 unspecified atom stereocenters. The average Bonchev–Trinajstić information content (AvgIpc) is 2.00. The fourth-order valence-corrected chi connectivity index (χ4v) is 1.49. The standard InChI is InChI=1S/C8H17NO3S/c1-13(11,12)7-5-8(10)4-2-3-6-9/h2-7,9H2,1H3. The van der Waals surface area contributed by atoms with Crippen molar-refractivity contribution in [2.75, 3.05) is 18.6 Å². The normalized spacial score (nSPS) is 11.5. The zero-order valence-corrected chi connectivity index (χ0v) is 8.77. The van der Waals surface area contributed by atoms with E-state index in [4.69, 9.17) is 5.73 Å². The van der Waals surface area contributed by atoms with Gasteiger partial charge in [-0.1, -0.05) is 0 Å². The van der Waals surface area contributed by atoms with Crippen LogP contribution in [0, 0.1) is 0 Å². The van der Waals surface area contributed by atoms with E-state index in [2.05, 4.69) is 0 Å². The Kier molecular flexibility index (Phi) is 5.90. The summed E-state index contributed by atoms with van der Waals surface area (Å²) >= 11 is 0. The van der Waals surface area contributed by atoms with Gasteiger partial charge in [-0.05, 0) is 19.4 Å². The average molecular weight is 207 g/mol. The number of sulfone groups is 1. The molecule has 0 aromatic heterocycles. The molecule has 0 rings (SSSR count). The van der Waals surface area contributed by atoms with Crippen molar-refractivity contribution in [2.45, 2.75) is 25.7 Å². The van der Waals surface area contributed by atoms with Gasteiger partial charge in [-0.15, -0.1) is 0 Å². The maximum absolute atomic E-state index is 11.1. The van der Waals surface area contributed by atoms with Crippen LogP contribution >= 0.6 is 0 Å². The minimum atomic E-state index is -3.00. The Labute approximate surface area is 79.4 Å². The zero-order valence-electron chi connectivity index (χ0n) is 7.95. The van der Waals surface area contributed by atoms with E-state index in [1.165, 1.54) is 0 Å². The molecule has 0 bridgehead atoms. The van der Waals surface area contributed by atoms with Gasteiger partial charge in [-0.25, -0.2) is 8.42 Å². The summed E-state index contributed by atoms with van der Waals surface area (Å²) in [6, 6.07) is 0. The highest BCUT2D eigenvalue weighted by Gasteiger charge is 2.07. The van der Waals surface area contributed by atoms with Crippen LogP contribution in [0.4, 0.5) is 0 Å². The van der Waals surface area contributed by atoms with Gasteiger partial charge in [0.05, 0.1) is 5.75 Å². The van der Waals surface area contributed by atoms with E-state index in [1.807, 2.05) is 0 Å². The molecule has 13 heavy (non-hydrogen) atoms. The van der Waals surface area contributed by atoms with Crippen molar-refractivity contribution in [3.05, 3.63) is 0 Å². The molecule has 0 aliphatic rings. The monoisotopic (exact) mass is 207 g/mol. The topological polar surface area (TPSA) is 77.2 Å². The Morgan fingerprint density at radius 2 is 1.85 bits per heavy atom. The molecule has 0 atom stereocenters. The molecular weight excluding hydrogens is 190 g/mol. The summed E-state index contributed by atoms with van der Waals surface area (Å²) in [6.07, 6.45) is 3.32. The molecule has 0 saturated heterocycles. The van der Waals surface area contributed by atoms with Crippen molar-refractivity contribution in [3.63, 3.8) is 0 Å². The molecule has 0 amide bonds. The number of carbonyl (C=O) groups excluding carboxylic acids is 1. The van der Waals surface area contributed by atoms with Crippen LogP contribution in [0.2, 0.25) is 0 Å². The van der Waals surface area contributed by atoms with Gasteiger partial charge in [-0.2, -0.15) is 0 Å². The molecule has 0 radical (unpaired) electrons. The number of hydrogen-bond acceptors (Lipinski definition) is 4. The fourth-order valence-electron chi connectivity index (χ4n) is 0.891. The summed E-state index contributed by atoms with van der Waals surface area (Å²) in [5, 5.41) is 0. The Morgan fingerprint density at radius 3 is 2.31 bits per heavy atom. The van der Waals surface area contributed by atoms with E-state index in [0.29, 0.717) is 13.0 Å². The Bertz CT molecular complexity index is 246. The molecule has 0 spiro atoms. The second-order valence-electron chi connectivity index (χ2n) is 3.16. The summed E-state index contributed by atoms with van der Waals surface area (Å²) in [5.74, 6) is -0.0204. The lowest BCUT2D eigenvalue weighted by atomic mass is 10.1. The van der Waals surface area contributed by atoms with Gasteiger partial charge in [0.15, 0.2) is 0 Å². The third-order valence-corrected chi connectivity index (χ3v) is 2.61. The predicted molar refractivity (Wildman–Crippen MR) is 52.2 cm³/mol. The molecule has 0 aliphatic carbocycles. The molecule has 78 valence electrons. The van der Waals surface area contributed by atoms with E-state index in [-0.39, 0.29) is 18.0 Å². The lowest BCUT2D eigenvalue weighted by molar-refractivity contribution is -0.118. The first-order valence-electron chi connectivity index (χ1n) is 4.35. The van der Waals surface area contributed by atoms with E-state index < -0.39 is 9.84 Å². The van der Waals surface area contributed by atoms with E-state index in [9.17, 15) is 13.2 Å². The number of hydrogen-bond donors (Lipinski definition) is 1. The predicted octanol–water partition coefficient (Wildman–Crippen LogP) is 0.119. The number of rotatable bonds is 7. The van der Waals surface area contributed by atoms with E-state index >= 15 is 0 Å². The number of carbonyl (C=O) groups is 1. The van der Waals surface area contributed by atoms with Gasteiger partial charge in [-0.3, -0.25) is 4.79 Å². The van der Waals surface area contributed by atoms with Gasteiger partial charge in [0.25, 0.3) is 0 Å². The molecule has 0 aromatic carbocycles. The second kappa shape index (κ2) is 6.10. The first-order chi connectivity index (χ1) is 5.95. The third kappa shape index (κ3) is 9.49. The fraction of sp³-hybridized carbons (Fsp3) is 0.875. The summed E-state index contributed by atoms with van der Waals surface area (Å²) in [4.78, 5) is 11.1. The van der Waals surface area contributed by atoms with Crippen LogP contribution in [0.15, 0.2) is 0 Å². The van der Waals surface area contributed by atoms with E-state index in [1.54, 1.807) is 0 Å². The van der Waals surface area contributed by atoms with Crippen molar-refractivity contribution < 1.29 is 13.2 Å². The first-order valence-corrected chi connectivity index (χ1v) is 6.41. The molecular formula is C8H17NO3S. The molecule has 0 heterocycles. The SMILES string of the molecule is CS(=O)(=O)CCC(=O)CCCCN. The van der Waals surface area contributed by atoms with Gasteiger partial charge < -0.3 is 5.73 Å². The van der Waals surface area contributed by atoms with Crippen LogP contribution in [0.1, 0.15) is 25.7 Å². The highest BCUT2D eigenvalue weighted by atomic mass is 32.2. The maximum atomic E-state index is 11.1. The van der Waals surface area contributed by atoms with Gasteiger partial charge in [0, 0.05) is 19.1 Å². The Balaban J connectivity index is 3.53. The minimum Gasteiger partial charge on any atom is -0.330 e. The van der Waals surface area contributed by atoms with Crippen molar-refractivity contribution in [1.29, 1.82) is 0 Å². The molecule has 5 heteroatoms. The lowest BCUT2D eigenvalue weighted by Gasteiger charge is -1.98. The summed E-state index contributed by atoms with van der Waals surface area (Å²) in [7, 11) is -3.00. The van der Waals surface area contributed by atoms with Crippen LogP contribution < -0.4 is 5.73 Å². The Morgan fingerprint density at radius 1 is 1.23 bits per heavy atom. The molecule has 0 fully saturated rings. The van der Waals surface area contributed by atoms with Gasteiger partial charge in [0.2, 0.25) is 0 Å². The highest BCUT2D eigenvalue weighted by molar-refractivity contribution is 7.90. The van der Waals surface area contributed by atoms with Gasteiger partial charge in [0.1, 0.15) is 15.6 Å². The number of ketones is 1. The molecule has 4 nitrogen and oxygen atoms in total. The Hall–Kier alpha value is -0.420. The highest BCUT2D eigenvalue weighted by Crippen LogP contribution is 1.99. The van der Waals surface area contributed by atoms with Crippen molar-refractivity contribution in [1.82, 2.24) is 0 Å². The van der Waals surface area contributed by atoms with Crippen molar-refractivity contribution in [3.8, 4) is 0 Å². The van der Waals surface area contributed by atoms with Crippen LogP contribution in [0.25, 0.3) is 0 Å². The van der Waals surface area contributed by atoms with Crippen molar-refractivity contribution >= 4 is 15.6 Å². The van der Waals surface area contributed by atoms with Crippen LogP contribution in [0.5, 0.6) is 0 Å². The van der Waals surface area contributed by atoms with Crippen molar-refractivity contribution in [2.24, 2.45) is 5.73 Å². The summed E-state index contributed by atoms with van der Waals surface area (Å²) < 4.78 is 21.4. The number of Topliss-reactive ketones (excluding diaryl/α,β-unsaturated/α-hetero) is 1. The second-order valence-corrected chi connectivity index (χ2v) is 5.42. The zero-order chi connectivity index (χ0) is 10.3. The largest absolute Gasteiger partial charge is 0.330 e. The van der Waals surface area contributed by atoms with E-state index in [0.717, 1.165) is 19.1 Å². The molecule has 0 saturated carbocycles. The number of nitrogens with two attached hydrogens (primary N) is 1.